The standard InChI is InChI=1S/C11H18O2/c12-6-11-4-7-1-8(5-11)3-9(2-7)10(11)13/h7-10,12-13H,1-6H2/t7-,8-,9?,10+,11?/m0/s1. The third-order valence-electron chi connectivity index (χ3n) is 4.72. The Kier molecular flexibility index (Phi) is 1.58. The molecule has 74 valence electrons. The highest BCUT2D eigenvalue weighted by Gasteiger charge is 2.56. The number of aliphatic hydroxyl groups is 2. The van der Waals surface area contributed by atoms with Crippen molar-refractivity contribution in [2.24, 2.45) is 23.2 Å². The molecule has 2 heteroatoms. The van der Waals surface area contributed by atoms with Crippen LogP contribution in [-0.4, -0.2) is 22.9 Å². The Labute approximate surface area is 79.0 Å². The Bertz CT molecular complexity index is 212. The molecule has 13 heavy (non-hydrogen) atoms. The molecule has 0 amide bonds. The van der Waals surface area contributed by atoms with Crippen molar-refractivity contribution in [2.45, 2.75) is 38.2 Å². The zero-order valence-electron chi connectivity index (χ0n) is 7.95. The summed E-state index contributed by atoms with van der Waals surface area (Å²) in [4.78, 5) is 0. The minimum absolute atomic E-state index is 0.0885. The lowest BCUT2D eigenvalue weighted by molar-refractivity contribution is -0.171. The lowest BCUT2D eigenvalue weighted by Crippen LogP contribution is -2.57. The summed E-state index contributed by atoms with van der Waals surface area (Å²) in [5.41, 5.74) is -0.0885. The Morgan fingerprint density at radius 2 is 1.69 bits per heavy atom. The van der Waals surface area contributed by atoms with Gasteiger partial charge in [-0.1, -0.05) is 0 Å². The fourth-order valence-corrected chi connectivity index (χ4v) is 4.40. The number of rotatable bonds is 1. The van der Waals surface area contributed by atoms with Gasteiger partial charge in [0.25, 0.3) is 0 Å². The molecule has 2 nitrogen and oxygen atoms in total. The van der Waals surface area contributed by atoms with Crippen molar-refractivity contribution in [1.82, 2.24) is 0 Å². The third-order valence-corrected chi connectivity index (χ3v) is 4.72. The first-order valence-corrected chi connectivity index (χ1v) is 5.52. The van der Waals surface area contributed by atoms with Crippen LogP contribution in [0.2, 0.25) is 0 Å². The third kappa shape index (κ3) is 0.962. The van der Waals surface area contributed by atoms with Gasteiger partial charge >= 0.3 is 0 Å². The van der Waals surface area contributed by atoms with E-state index in [1.54, 1.807) is 0 Å². The molecule has 0 heterocycles. The van der Waals surface area contributed by atoms with E-state index in [4.69, 9.17) is 0 Å². The van der Waals surface area contributed by atoms with Gasteiger partial charge in [-0.2, -0.15) is 0 Å². The molecule has 4 saturated carbocycles. The lowest BCUT2D eigenvalue weighted by Gasteiger charge is -2.59. The van der Waals surface area contributed by atoms with Crippen LogP contribution in [0.1, 0.15) is 32.1 Å². The molecular formula is C11H18O2. The fourth-order valence-electron chi connectivity index (χ4n) is 4.40. The van der Waals surface area contributed by atoms with E-state index in [1.807, 2.05) is 0 Å². The van der Waals surface area contributed by atoms with E-state index in [0.717, 1.165) is 24.7 Å². The van der Waals surface area contributed by atoms with Gasteiger partial charge in [-0.15, -0.1) is 0 Å². The average Bonchev–Trinajstić information content (AvgIpc) is 2.12. The van der Waals surface area contributed by atoms with Gasteiger partial charge in [0.05, 0.1) is 12.7 Å². The van der Waals surface area contributed by atoms with Crippen LogP contribution in [0.25, 0.3) is 0 Å². The van der Waals surface area contributed by atoms with Gasteiger partial charge < -0.3 is 10.2 Å². The van der Waals surface area contributed by atoms with Crippen LogP contribution in [0, 0.1) is 23.2 Å². The minimum atomic E-state index is -0.203. The summed E-state index contributed by atoms with van der Waals surface area (Å²) in [5, 5.41) is 19.6. The Morgan fingerprint density at radius 1 is 1.08 bits per heavy atom. The van der Waals surface area contributed by atoms with Crippen LogP contribution in [0.5, 0.6) is 0 Å². The van der Waals surface area contributed by atoms with Crippen LogP contribution in [0.15, 0.2) is 0 Å². The fraction of sp³-hybridized carbons (Fsp3) is 1.00. The molecule has 4 rings (SSSR count). The molecule has 0 unspecified atom stereocenters. The van der Waals surface area contributed by atoms with Crippen LogP contribution in [0.4, 0.5) is 0 Å². The molecule has 0 radical (unpaired) electrons. The highest BCUT2D eigenvalue weighted by atomic mass is 16.3. The van der Waals surface area contributed by atoms with Gasteiger partial charge in [0.15, 0.2) is 0 Å². The molecule has 0 aromatic heterocycles. The first-order chi connectivity index (χ1) is 6.23. The van der Waals surface area contributed by atoms with Gasteiger partial charge in [-0.25, -0.2) is 0 Å². The highest BCUT2D eigenvalue weighted by molar-refractivity contribution is 5.06. The van der Waals surface area contributed by atoms with Gasteiger partial charge in [0.2, 0.25) is 0 Å². The van der Waals surface area contributed by atoms with E-state index in [-0.39, 0.29) is 18.1 Å². The van der Waals surface area contributed by atoms with Gasteiger partial charge in [-0.3, -0.25) is 0 Å². The molecule has 4 bridgehead atoms. The van der Waals surface area contributed by atoms with Crippen molar-refractivity contribution in [1.29, 1.82) is 0 Å². The predicted octanol–water partition coefficient (Wildman–Crippen LogP) is 1.17. The first kappa shape index (κ1) is 8.25. The predicted molar refractivity (Wildman–Crippen MR) is 49.1 cm³/mol. The molecule has 4 aliphatic carbocycles. The van der Waals surface area contributed by atoms with Gasteiger partial charge in [0, 0.05) is 5.41 Å². The smallest absolute Gasteiger partial charge is 0.0646 e. The highest BCUT2D eigenvalue weighted by Crippen LogP contribution is 2.59. The van der Waals surface area contributed by atoms with Crippen LogP contribution in [-0.2, 0) is 0 Å². The van der Waals surface area contributed by atoms with Gasteiger partial charge in [-0.05, 0) is 49.9 Å². The number of hydrogen-bond acceptors (Lipinski definition) is 2. The zero-order chi connectivity index (χ0) is 9.05. The maximum atomic E-state index is 10.1. The molecule has 0 aromatic rings. The summed E-state index contributed by atoms with van der Waals surface area (Å²) in [6.07, 6.45) is 5.77. The zero-order valence-corrected chi connectivity index (χ0v) is 7.95. The number of hydrogen-bond donors (Lipinski definition) is 2. The molecular weight excluding hydrogens is 164 g/mol. The van der Waals surface area contributed by atoms with Crippen LogP contribution < -0.4 is 0 Å². The Balaban J connectivity index is 1.95. The SMILES string of the molecule is OCC12C[C@@H]3CC(C[C@H](C3)C1)[C@H]2O. The second-order valence-corrected chi connectivity index (χ2v) is 5.57. The van der Waals surface area contributed by atoms with Crippen LogP contribution >= 0.6 is 0 Å². The van der Waals surface area contributed by atoms with Crippen molar-refractivity contribution >= 4 is 0 Å². The average molecular weight is 182 g/mol. The van der Waals surface area contributed by atoms with E-state index >= 15 is 0 Å². The Morgan fingerprint density at radius 3 is 2.23 bits per heavy atom. The summed E-state index contributed by atoms with van der Waals surface area (Å²) < 4.78 is 0. The molecule has 0 saturated heterocycles. The molecule has 4 aliphatic rings. The molecule has 2 N–H and O–H groups in total. The van der Waals surface area contributed by atoms with E-state index in [9.17, 15) is 10.2 Å². The maximum Gasteiger partial charge on any atom is 0.0646 e. The normalized spacial score (nSPS) is 58.6. The van der Waals surface area contributed by atoms with Crippen molar-refractivity contribution in [3.8, 4) is 0 Å². The second kappa shape index (κ2) is 2.48. The van der Waals surface area contributed by atoms with E-state index < -0.39 is 0 Å². The topological polar surface area (TPSA) is 40.5 Å². The summed E-state index contributed by atoms with van der Waals surface area (Å²) in [7, 11) is 0. The minimum Gasteiger partial charge on any atom is -0.396 e. The molecule has 3 atom stereocenters. The second-order valence-electron chi connectivity index (χ2n) is 5.57. The summed E-state index contributed by atoms with van der Waals surface area (Å²) in [6.45, 7) is 0.206. The summed E-state index contributed by atoms with van der Waals surface area (Å²) >= 11 is 0. The van der Waals surface area contributed by atoms with Gasteiger partial charge in [0.1, 0.15) is 0 Å². The summed E-state index contributed by atoms with van der Waals surface area (Å²) in [5.74, 6) is 2.14. The lowest BCUT2D eigenvalue weighted by atomic mass is 9.48. The molecule has 0 spiro atoms. The van der Waals surface area contributed by atoms with E-state index in [1.165, 1.54) is 19.3 Å². The van der Waals surface area contributed by atoms with Crippen molar-refractivity contribution in [2.75, 3.05) is 6.61 Å². The Hall–Kier alpha value is -0.0800. The molecule has 0 aromatic carbocycles. The maximum absolute atomic E-state index is 10.1. The van der Waals surface area contributed by atoms with Crippen molar-refractivity contribution in [3.63, 3.8) is 0 Å². The van der Waals surface area contributed by atoms with Crippen LogP contribution in [0.3, 0.4) is 0 Å². The quantitative estimate of drug-likeness (QED) is 0.639. The van der Waals surface area contributed by atoms with E-state index in [2.05, 4.69) is 0 Å². The van der Waals surface area contributed by atoms with E-state index in [0.29, 0.717) is 5.92 Å². The molecule has 4 fully saturated rings. The monoisotopic (exact) mass is 182 g/mol. The largest absolute Gasteiger partial charge is 0.396 e. The first-order valence-electron chi connectivity index (χ1n) is 5.52. The summed E-state index contributed by atoms with van der Waals surface area (Å²) in [6, 6.07) is 0. The van der Waals surface area contributed by atoms with Crippen molar-refractivity contribution in [3.05, 3.63) is 0 Å². The molecule has 0 aliphatic heterocycles. The number of aliphatic hydroxyl groups excluding tert-OH is 2. The van der Waals surface area contributed by atoms with Crippen molar-refractivity contribution < 1.29 is 10.2 Å².